The van der Waals surface area contributed by atoms with Crippen LogP contribution in [0.1, 0.15) is 26.7 Å². The summed E-state index contributed by atoms with van der Waals surface area (Å²) >= 11 is 0. The minimum Gasteiger partial charge on any atom is -0.396 e. The number of rotatable bonds is 2. The van der Waals surface area contributed by atoms with E-state index in [9.17, 15) is 4.79 Å². The summed E-state index contributed by atoms with van der Waals surface area (Å²) in [7, 11) is 0. The molecule has 0 spiro atoms. The maximum atomic E-state index is 9.17. The van der Waals surface area contributed by atoms with Crippen molar-refractivity contribution in [3.63, 3.8) is 0 Å². The van der Waals surface area contributed by atoms with Crippen LogP contribution in [0.5, 0.6) is 0 Å². The molecule has 0 unspecified atom stereocenters. The van der Waals surface area contributed by atoms with Crippen LogP contribution >= 0.6 is 0 Å². The summed E-state index contributed by atoms with van der Waals surface area (Å²) < 4.78 is 0. The molecule has 0 aromatic rings. The molecule has 0 radical (unpaired) electrons. The van der Waals surface area contributed by atoms with Crippen LogP contribution < -0.4 is 0 Å². The van der Waals surface area contributed by atoms with Crippen LogP contribution in [0.4, 0.5) is 0 Å². The lowest BCUT2D eigenvalue weighted by atomic mass is 10.5. The Morgan fingerprint density at radius 2 is 1.75 bits per heavy atom. The van der Waals surface area contributed by atoms with Gasteiger partial charge in [-0.2, -0.15) is 0 Å². The fourth-order valence-electron chi connectivity index (χ4n) is 0. The van der Waals surface area contributed by atoms with Gasteiger partial charge in [0.2, 0.25) is 0 Å². The van der Waals surface area contributed by atoms with Crippen LogP contribution in [-0.2, 0) is 4.79 Å². The molecular weight excluding hydrogens is 104 g/mol. The van der Waals surface area contributed by atoms with E-state index in [1.807, 2.05) is 13.8 Å². The fraction of sp³-hybridized carbons (Fsp3) is 0.833. The molecule has 0 atom stereocenters. The second kappa shape index (κ2) is 15.9. The highest BCUT2D eigenvalue weighted by molar-refractivity contribution is 5.48. The first-order valence-electron chi connectivity index (χ1n) is 2.87. The molecule has 2 heteroatoms. The van der Waals surface area contributed by atoms with E-state index >= 15 is 0 Å². The van der Waals surface area contributed by atoms with Gasteiger partial charge in [-0.1, -0.05) is 13.8 Å². The van der Waals surface area contributed by atoms with Gasteiger partial charge in [0.15, 0.2) is 0 Å². The van der Waals surface area contributed by atoms with E-state index in [1.165, 1.54) is 0 Å². The summed E-state index contributed by atoms with van der Waals surface area (Å²) in [6.07, 6.45) is 2.39. The minimum absolute atomic E-state index is 0.319. The Bertz CT molecular complexity index is 33.5. The van der Waals surface area contributed by atoms with E-state index in [2.05, 4.69) is 0 Å². The molecule has 0 aromatic carbocycles. The molecule has 0 amide bonds. The molecule has 8 heavy (non-hydrogen) atoms. The van der Waals surface area contributed by atoms with Crippen molar-refractivity contribution in [3.8, 4) is 0 Å². The molecule has 0 aliphatic heterocycles. The van der Waals surface area contributed by atoms with Gasteiger partial charge >= 0.3 is 0 Å². The van der Waals surface area contributed by atoms with Gasteiger partial charge in [-0.3, -0.25) is 0 Å². The predicted molar refractivity (Wildman–Crippen MR) is 33.7 cm³/mol. The first-order valence-corrected chi connectivity index (χ1v) is 2.87. The number of aliphatic hydroxyl groups excluding tert-OH is 1. The van der Waals surface area contributed by atoms with Crippen LogP contribution in [0.25, 0.3) is 0 Å². The van der Waals surface area contributed by atoms with Crippen LogP contribution in [0.2, 0.25) is 0 Å². The monoisotopic (exact) mass is 118 g/mol. The third-order valence-corrected chi connectivity index (χ3v) is 0.390. The summed E-state index contributed by atoms with van der Waals surface area (Å²) in [6.45, 7) is 4.06. The zero-order valence-electron chi connectivity index (χ0n) is 5.55. The Hall–Kier alpha value is -0.370. The molecule has 0 saturated carbocycles. The topological polar surface area (TPSA) is 37.3 Å². The molecule has 0 saturated heterocycles. The first kappa shape index (κ1) is 10.6. The number of aliphatic hydroxyl groups is 1. The SMILES string of the molecule is CCC=O.CCCO. The largest absolute Gasteiger partial charge is 0.396 e. The number of aldehydes is 1. The van der Waals surface area contributed by atoms with Crippen LogP contribution in [0.3, 0.4) is 0 Å². The van der Waals surface area contributed by atoms with Crippen LogP contribution in [-0.4, -0.2) is 18.0 Å². The lowest BCUT2D eigenvalue weighted by molar-refractivity contribution is -0.107. The number of hydrogen-bond acceptors (Lipinski definition) is 2. The van der Waals surface area contributed by atoms with Gasteiger partial charge in [0.25, 0.3) is 0 Å². The molecule has 2 nitrogen and oxygen atoms in total. The van der Waals surface area contributed by atoms with Crippen molar-refractivity contribution in [2.24, 2.45) is 0 Å². The molecule has 0 heterocycles. The molecule has 0 fully saturated rings. The van der Waals surface area contributed by atoms with Gasteiger partial charge < -0.3 is 9.90 Å². The van der Waals surface area contributed by atoms with E-state index in [-0.39, 0.29) is 0 Å². The average molecular weight is 118 g/mol. The van der Waals surface area contributed by atoms with Crippen molar-refractivity contribution in [3.05, 3.63) is 0 Å². The highest BCUT2D eigenvalue weighted by Gasteiger charge is 1.57. The second-order valence-corrected chi connectivity index (χ2v) is 1.30. The van der Waals surface area contributed by atoms with Gasteiger partial charge in [-0.25, -0.2) is 0 Å². The molecule has 0 rings (SSSR count). The summed E-state index contributed by atoms with van der Waals surface area (Å²) in [5.74, 6) is 0. The first-order chi connectivity index (χ1) is 3.83. The third kappa shape index (κ3) is 45.4. The van der Waals surface area contributed by atoms with E-state index in [0.29, 0.717) is 13.0 Å². The Balaban J connectivity index is 0. The van der Waals surface area contributed by atoms with Gasteiger partial charge in [0, 0.05) is 13.0 Å². The maximum Gasteiger partial charge on any atom is 0.119 e. The van der Waals surface area contributed by atoms with Crippen LogP contribution in [0, 0.1) is 0 Å². The second-order valence-electron chi connectivity index (χ2n) is 1.30. The Morgan fingerprint density at radius 3 is 1.75 bits per heavy atom. The van der Waals surface area contributed by atoms with Crippen molar-refractivity contribution in [1.82, 2.24) is 0 Å². The summed E-state index contributed by atoms with van der Waals surface area (Å²) in [5.41, 5.74) is 0. The van der Waals surface area contributed by atoms with Gasteiger partial charge in [-0.05, 0) is 6.42 Å². The number of carbonyl (C=O) groups excluding carboxylic acids is 1. The van der Waals surface area contributed by atoms with Crippen molar-refractivity contribution < 1.29 is 9.90 Å². The van der Waals surface area contributed by atoms with Crippen molar-refractivity contribution >= 4 is 6.29 Å². The van der Waals surface area contributed by atoms with Crippen molar-refractivity contribution in [1.29, 1.82) is 0 Å². The number of carbonyl (C=O) groups is 1. The molecule has 50 valence electrons. The Labute approximate surface area is 50.5 Å². The minimum atomic E-state index is 0.319. The highest BCUT2D eigenvalue weighted by Crippen LogP contribution is 1.61. The van der Waals surface area contributed by atoms with Crippen molar-refractivity contribution in [2.75, 3.05) is 6.61 Å². The Morgan fingerprint density at radius 1 is 1.50 bits per heavy atom. The molecule has 0 aliphatic carbocycles. The Kier molecular flexibility index (Phi) is 21.1. The van der Waals surface area contributed by atoms with Gasteiger partial charge in [-0.15, -0.1) is 0 Å². The third-order valence-electron chi connectivity index (χ3n) is 0.390. The molecule has 0 aliphatic rings. The molecular formula is C6H14O2. The van der Waals surface area contributed by atoms with Gasteiger partial charge in [0.05, 0.1) is 0 Å². The van der Waals surface area contributed by atoms with E-state index in [4.69, 9.17) is 5.11 Å². The number of hydrogen-bond donors (Lipinski definition) is 1. The standard InChI is InChI=1S/C3H8O.C3H6O/c2*1-2-3-4/h4H,2-3H2,1H3;3H,2H2,1H3. The molecule has 0 bridgehead atoms. The quantitative estimate of drug-likeness (QED) is 0.549. The predicted octanol–water partition coefficient (Wildman–Crippen LogP) is 0.984. The lowest BCUT2D eigenvalue weighted by Gasteiger charge is -1.69. The van der Waals surface area contributed by atoms with Gasteiger partial charge in [0.1, 0.15) is 6.29 Å². The zero-order chi connectivity index (χ0) is 6.83. The summed E-state index contributed by atoms with van der Waals surface area (Å²) in [6, 6.07) is 0. The summed E-state index contributed by atoms with van der Waals surface area (Å²) in [5, 5.41) is 7.88. The smallest absolute Gasteiger partial charge is 0.119 e. The highest BCUT2D eigenvalue weighted by atomic mass is 16.2. The average Bonchev–Trinajstić information content (AvgIpc) is 1.88. The zero-order valence-corrected chi connectivity index (χ0v) is 5.55. The fourth-order valence-corrected chi connectivity index (χ4v) is 0. The van der Waals surface area contributed by atoms with Crippen molar-refractivity contribution in [2.45, 2.75) is 26.7 Å². The van der Waals surface area contributed by atoms with Crippen LogP contribution in [0.15, 0.2) is 0 Å². The maximum absolute atomic E-state index is 9.17. The van der Waals surface area contributed by atoms with E-state index < -0.39 is 0 Å². The normalized spacial score (nSPS) is 6.88. The molecule has 1 N–H and O–H groups in total. The van der Waals surface area contributed by atoms with E-state index in [0.717, 1.165) is 12.7 Å². The lowest BCUT2D eigenvalue weighted by Crippen LogP contribution is -1.69. The summed E-state index contributed by atoms with van der Waals surface area (Å²) in [4.78, 5) is 9.17. The van der Waals surface area contributed by atoms with E-state index in [1.54, 1.807) is 0 Å². The molecule has 0 aromatic heterocycles.